The van der Waals surface area contributed by atoms with Crippen molar-refractivity contribution in [3.63, 3.8) is 0 Å². The number of anilines is 1. The summed E-state index contributed by atoms with van der Waals surface area (Å²) in [5.41, 5.74) is 2.38. The second-order valence-corrected chi connectivity index (χ2v) is 7.73. The van der Waals surface area contributed by atoms with Gasteiger partial charge in [-0.15, -0.1) is 0 Å². The van der Waals surface area contributed by atoms with E-state index in [9.17, 15) is 9.18 Å². The molecule has 5 nitrogen and oxygen atoms in total. The number of likely N-dealkylation sites (N-methyl/N-ethyl adjacent to an activating group) is 1. The molecule has 1 amide bonds. The Balaban J connectivity index is 1.60. The summed E-state index contributed by atoms with van der Waals surface area (Å²) in [5, 5.41) is 0.410. The van der Waals surface area contributed by atoms with E-state index in [1.165, 1.54) is 11.0 Å². The zero-order chi connectivity index (χ0) is 23.4. The maximum atomic E-state index is 13.9. The number of amides is 1. The van der Waals surface area contributed by atoms with E-state index in [1.54, 1.807) is 48.4 Å². The highest BCUT2D eigenvalue weighted by atomic mass is 32.1. The number of benzene rings is 3. The van der Waals surface area contributed by atoms with Gasteiger partial charge in [0.2, 0.25) is 0 Å². The fourth-order valence-electron chi connectivity index (χ4n) is 3.49. The SMILES string of the molecule is CCOc1cc(C=C2C(=O)N(c3ccccc3)C(=S)N2C)ccc1OCc1ccccc1F. The lowest BCUT2D eigenvalue weighted by Gasteiger charge is -2.16. The molecule has 168 valence electrons. The highest BCUT2D eigenvalue weighted by Gasteiger charge is 2.36. The first kappa shape index (κ1) is 22.5. The van der Waals surface area contributed by atoms with Gasteiger partial charge in [-0.25, -0.2) is 4.39 Å². The molecule has 0 aliphatic carbocycles. The molecule has 0 N–H and O–H groups in total. The number of carbonyl (C=O) groups excluding carboxylic acids is 1. The molecule has 0 unspecified atom stereocenters. The van der Waals surface area contributed by atoms with Gasteiger partial charge in [-0.3, -0.25) is 9.69 Å². The Hall–Kier alpha value is -3.71. The molecule has 0 bridgehead atoms. The maximum absolute atomic E-state index is 13.9. The van der Waals surface area contributed by atoms with Crippen LogP contribution >= 0.6 is 12.2 Å². The molecule has 1 saturated heterocycles. The molecule has 0 saturated carbocycles. The Morgan fingerprint density at radius 1 is 0.970 bits per heavy atom. The molecule has 4 rings (SSSR count). The predicted molar refractivity (Wildman–Crippen MR) is 131 cm³/mol. The molecule has 0 aromatic heterocycles. The second kappa shape index (κ2) is 9.83. The lowest BCUT2D eigenvalue weighted by Crippen LogP contribution is -2.30. The summed E-state index contributed by atoms with van der Waals surface area (Å²) in [5.74, 6) is 0.485. The summed E-state index contributed by atoms with van der Waals surface area (Å²) in [6.45, 7) is 2.38. The van der Waals surface area contributed by atoms with Crippen molar-refractivity contribution >= 4 is 35.0 Å². The molecule has 1 aliphatic rings. The van der Waals surface area contributed by atoms with Gasteiger partial charge in [0.15, 0.2) is 16.6 Å². The van der Waals surface area contributed by atoms with E-state index in [2.05, 4.69) is 0 Å². The summed E-state index contributed by atoms with van der Waals surface area (Å²) in [4.78, 5) is 16.3. The topological polar surface area (TPSA) is 42.0 Å². The number of para-hydroxylation sites is 1. The van der Waals surface area contributed by atoms with Gasteiger partial charge in [-0.1, -0.05) is 42.5 Å². The third-order valence-corrected chi connectivity index (χ3v) is 5.64. The molecule has 7 heteroatoms. The fraction of sp³-hybridized carbons (Fsp3) is 0.154. The fourth-order valence-corrected chi connectivity index (χ4v) is 3.78. The van der Waals surface area contributed by atoms with Crippen LogP contribution in [0, 0.1) is 5.82 Å². The van der Waals surface area contributed by atoms with Gasteiger partial charge in [-0.05, 0) is 61.1 Å². The number of hydrogen-bond acceptors (Lipinski definition) is 4. The molecule has 1 heterocycles. The molecule has 0 atom stereocenters. The van der Waals surface area contributed by atoms with Crippen LogP contribution in [0.3, 0.4) is 0 Å². The van der Waals surface area contributed by atoms with Crippen molar-refractivity contribution in [2.45, 2.75) is 13.5 Å². The quantitative estimate of drug-likeness (QED) is 0.347. The number of hydrogen-bond donors (Lipinski definition) is 0. The Morgan fingerprint density at radius 3 is 2.42 bits per heavy atom. The van der Waals surface area contributed by atoms with Crippen molar-refractivity contribution in [1.29, 1.82) is 0 Å². The number of nitrogens with zero attached hydrogens (tertiary/aromatic N) is 2. The molecular formula is C26H23FN2O3S. The first-order valence-electron chi connectivity index (χ1n) is 10.5. The third kappa shape index (κ3) is 4.73. The largest absolute Gasteiger partial charge is 0.490 e. The standard InChI is InChI=1S/C26H23FN2O3S/c1-3-31-24-16-18(13-14-23(24)32-17-19-9-7-8-12-21(19)27)15-22-25(30)29(26(33)28(22)2)20-10-5-4-6-11-20/h4-16H,3,17H2,1-2H3. The Morgan fingerprint density at radius 2 is 1.70 bits per heavy atom. The molecule has 3 aromatic carbocycles. The summed E-state index contributed by atoms with van der Waals surface area (Å²) < 4.78 is 25.5. The maximum Gasteiger partial charge on any atom is 0.281 e. The van der Waals surface area contributed by atoms with Crippen molar-refractivity contribution in [1.82, 2.24) is 4.90 Å². The molecular weight excluding hydrogens is 439 g/mol. The molecule has 3 aromatic rings. The average molecular weight is 463 g/mol. The van der Waals surface area contributed by atoms with Crippen LogP contribution in [0.25, 0.3) is 6.08 Å². The van der Waals surface area contributed by atoms with Gasteiger partial charge in [0.05, 0.1) is 12.3 Å². The first-order chi connectivity index (χ1) is 16.0. The van der Waals surface area contributed by atoms with Crippen LogP contribution in [0.5, 0.6) is 11.5 Å². The van der Waals surface area contributed by atoms with Crippen LogP contribution in [0.4, 0.5) is 10.1 Å². The molecule has 0 radical (unpaired) electrons. The van der Waals surface area contributed by atoms with Crippen LogP contribution < -0.4 is 14.4 Å². The van der Waals surface area contributed by atoms with Crippen molar-refractivity contribution < 1.29 is 18.7 Å². The van der Waals surface area contributed by atoms with Crippen LogP contribution in [0.15, 0.2) is 78.5 Å². The third-order valence-electron chi connectivity index (χ3n) is 5.19. The highest BCUT2D eigenvalue weighted by molar-refractivity contribution is 7.80. The van der Waals surface area contributed by atoms with E-state index in [0.717, 1.165) is 11.3 Å². The van der Waals surface area contributed by atoms with E-state index < -0.39 is 0 Å². The van der Waals surface area contributed by atoms with Crippen molar-refractivity contribution in [3.8, 4) is 11.5 Å². The normalized spacial score (nSPS) is 14.8. The minimum Gasteiger partial charge on any atom is -0.490 e. The van der Waals surface area contributed by atoms with Gasteiger partial charge in [-0.2, -0.15) is 0 Å². The van der Waals surface area contributed by atoms with Crippen LogP contribution in [0.1, 0.15) is 18.1 Å². The number of halogens is 1. The van der Waals surface area contributed by atoms with Gasteiger partial charge in [0.1, 0.15) is 18.1 Å². The van der Waals surface area contributed by atoms with E-state index >= 15 is 0 Å². The highest BCUT2D eigenvalue weighted by Crippen LogP contribution is 2.32. The summed E-state index contributed by atoms with van der Waals surface area (Å²) in [6.07, 6.45) is 1.76. The number of thiocarbonyl (C=S) groups is 1. The molecule has 1 aliphatic heterocycles. The number of ether oxygens (including phenoxy) is 2. The minimum absolute atomic E-state index is 0.0781. The van der Waals surface area contributed by atoms with E-state index in [-0.39, 0.29) is 18.3 Å². The molecule has 1 fully saturated rings. The van der Waals surface area contributed by atoms with Gasteiger partial charge in [0, 0.05) is 12.6 Å². The van der Waals surface area contributed by atoms with Crippen molar-refractivity contribution in [3.05, 3.63) is 95.4 Å². The van der Waals surface area contributed by atoms with Gasteiger partial charge in [0.25, 0.3) is 5.91 Å². The van der Waals surface area contributed by atoms with Crippen LogP contribution in [0.2, 0.25) is 0 Å². The molecule has 33 heavy (non-hydrogen) atoms. The van der Waals surface area contributed by atoms with E-state index in [4.69, 9.17) is 21.7 Å². The van der Waals surface area contributed by atoms with Gasteiger partial charge >= 0.3 is 0 Å². The monoisotopic (exact) mass is 462 g/mol. The zero-order valence-electron chi connectivity index (χ0n) is 18.3. The molecule has 0 spiro atoms. The number of carbonyl (C=O) groups is 1. The average Bonchev–Trinajstić information content (AvgIpc) is 3.03. The Bertz CT molecular complexity index is 1210. The van der Waals surface area contributed by atoms with Crippen LogP contribution in [-0.4, -0.2) is 29.6 Å². The Kier molecular flexibility index (Phi) is 6.70. The Labute approximate surface area is 197 Å². The zero-order valence-corrected chi connectivity index (χ0v) is 19.1. The summed E-state index contributed by atoms with van der Waals surface area (Å²) in [7, 11) is 1.77. The summed E-state index contributed by atoms with van der Waals surface area (Å²) >= 11 is 5.51. The van der Waals surface area contributed by atoms with Crippen molar-refractivity contribution in [2.24, 2.45) is 0 Å². The van der Waals surface area contributed by atoms with Crippen molar-refractivity contribution in [2.75, 3.05) is 18.6 Å². The second-order valence-electron chi connectivity index (χ2n) is 7.37. The van der Waals surface area contributed by atoms with Gasteiger partial charge < -0.3 is 14.4 Å². The van der Waals surface area contributed by atoms with Crippen LogP contribution in [-0.2, 0) is 11.4 Å². The predicted octanol–water partition coefficient (Wildman–Crippen LogP) is 5.41. The van der Waals surface area contributed by atoms with E-state index in [0.29, 0.717) is 34.5 Å². The van der Waals surface area contributed by atoms with E-state index in [1.807, 2.05) is 43.3 Å². The summed E-state index contributed by atoms with van der Waals surface area (Å²) in [6, 6.07) is 21.1. The minimum atomic E-state index is -0.321. The first-order valence-corrected chi connectivity index (χ1v) is 10.9. The lowest BCUT2D eigenvalue weighted by molar-refractivity contribution is -0.114. The smallest absolute Gasteiger partial charge is 0.281 e. The number of rotatable bonds is 7. The lowest BCUT2D eigenvalue weighted by atomic mass is 10.1.